The monoisotopic (exact) mass is 340 g/mol. The third-order valence-electron chi connectivity index (χ3n) is 2.66. The van der Waals surface area contributed by atoms with E-state index in [1.165, 1.54) is 12.1 Å². The van der Waals surface area contributed by atoms with Crippen molar-refractivity contribution in [3.63, 3.8) is 0 Å². The lowest BCUT2D eigenvalue weighted by Gasteiger charge is -2.07. The highest BCUT2D eigenvalue weighted by atomic mass is 79.9. The van der Waals surface area contributed by atoms with Gasteiger partial charge in [0.2, 0.25) is 0 Å². The molecule has 0 aromatic heterocycles. The molecule has 0 aliphatic rings. The van der Waals surface area contributed by atoms with Gasteiger partial charge in [0.25, 0.3) is 0 Å². The highest BCUT2D eigenvalue weighted by Crippen LogP contribution is 2.23. The first kappa shape index (κ1) is 14.7. The molecule has 0 atom stereocenters. The highest BCUT2D eigenvalue weighted by Gasteiger charge is 2.19. The number of hydrogen-bond donors (Lipinski definition) is 0. The summed E-state index contributed by atoms with van der Waals surface area (Å²) >= 11 is 2.97. The van der Waals surface area contributed by atoms with Crippen molar-refractivity contribution < 1.29 is 18.3 Å². The van der Waals surface area contributed by atoms with Crippen molar-refractivity contribution in [2.24, 2.45) is 0 Å². The van der Waals surface area contributed by atoms with Gasteiger partial charge >= 0.3 is 0 Å². The fourth-order valence-electron chi connectivity index (χ4n) is 1.77. The van der Waals surface area contributed by atoms with E-state index in [1.807, 2.05) is 6.92 Å². The van der Waals surface area contributed by atoms with Gasteiger partial charge in [-0.2, -0.15) is 0 Å². The Kier molecular flexibility index (Phi) is 4.49. The molecule has 0 fully saturated rings. The third-order valence-corrected chi connectivity index (χ3v) is 3.12. The predicted molar refractivity (Wildman–Crippen MR) is 75.1 cm³/mol. The van der Waals surface area contributed by atoms with E-state index in [0.29, 0.717) is 12.4 Å². The minimum atomic E-state index is -0.893. The van der Waals surface area contributed by atoms with Gasteiger partial charge in [0.15, 0.2) is 5.78 Å². The molecule has 0 unspecified atom stereocenters. The standard InChI is InChI=1S/C15H11BrF2O2/c1-2-20-11-5-3-9(4-6-11)15(19)14-12(17)7-10(16)8-13(14)18/h3-8H,2H2,1H3. The lowest BCUT2D eigenvalue weighted by Crippen LogP contribution is -2.07. The first-order valence-electron chi connectivity index (χ1n) is 5.95. The van der Waals surface area contributed by atoms with Crippen molar-refractivity contribution in [1.29, 1.82) is 0 Å². The third kappa shape index (κ3) is 3.04. The second-order valence-electron chi connectivity index (χ2n) is 4.03. The number of hydrogen-bond acceptors (Lipinski definition) is 2. The summed E-state index contributed by atoms with van der Waals surface area (Å²) in [7, 11) is 0. The molecule has 2 aromatic carbocycles. The van der Waals surface area contributed by atoms with E-state index >= 15 is 0 Å². The van der Waals surface area contributed by atoms with Crippen LogP contribution in [0.1, 0.15) is 22.8 Å². The molecule has 2 rings (SSSR count). The Morgan fingerprint density at radius 2 is 1.70 bits per heavy atom. The van der Waals surface area contributed by atoms with E-state index in [9.17, 15) is 13.6 Å². The zero-order valence-electron chi connectivity index (χ0n) is 10.6. The van der Waals surface area contributed by atoms with Crippen LogP contribution in [0, 0.1) is 11.6 Å². The molecule has 0 heterocycles. The van der Waals surface area contributed by atoms with E-state index in [0.717, 1.165) is 12.1 Å². The number of ketones is 1. The van der Waals surface area contributed by atoms with Crippen molar-refractivity contribution in [1.82, 2.24) is 0 Å². The lowest BCUT2D eigenvalue weighted by molar-refractivity contribution is 0.103. The molecule has 0 aliphatic carbocycles. The molecule has 0 N–H and O–H groups in total. The zero-order chi connectivity index (χ0) is 14.7. The summed E-state index contributed by atoms with van der Waals surface area (Å²) in [5, 5.41) is 0. The Bertz CT molecular complexity index is 616. The minimum absolute atomic E-state index is 0.202. The average molecular weight is 341 g/mol. The molecule has 0 spiro atoms. The highest BCUT2D eigenvalue weighted by molar-refractivity contribution is 9.10. The van der Waals surface area contributed by atoms with E-state index in [2.05, 4.69) is 15.9 Å². The minimum Gasteiger partial charge on any atom is -0.494 e. The van der Waals surface area contributed by atoms with E-state index in [-0.39, 0.29) is 10.0 Å². The smallest absolute Gasteiger partial charge is 0.198 e. The number of ether oxygens (including phenoxy) is 1. The average Bonchev–Trinajstić information content (AvgIpc) is 2.38. The maximum atomic E-state index is 13.7. The van der Waals surface area contributed by atoms with Crippen molar-refractivity contribution in [2.45, 2.75) is 6.92 Å². The van der Waals surface area contributed by atoms with Crippen LogP contribution in [-0.4, -0.2) is 12.4 Å². The van der Waals surface area contributed by atoms with Gasteiger partial charge in [-0.1, -0.05) is 15.9 Å². The molecule has 0 amide bonds. The van der Waals surface area contributed by atoms with Gasteiger partial charge in [-0.05, 0) is 43.3 Å². The summed E-state index contributed by atoms with van der Waals surface area (Å²) in [4.78, 5) is 12.1. The van der Waals surface area contributed by atoms with Gasteiger partial charge in [-0.15, -0.1) is 0 Å². The van der Waals surface area contributed by atoms with Crippen LogP contribution in [0.5, 0.6) is 5.75 Å². The lowest BCUT2D eigenvalue weighted by atomic mass is 10.0. The summed E-state index contributed by atoms with van der Waals surface area (Å²) in [5.74, 6) is -1.89. The quantitative estimate of drug-likeness (QED) is 0.773. The summed E-state index contributed by atoms with van der Waals surface area (Å²) in [5.41, 5.74) is -0.356. The molecule has 0 aliphatic heterocycles. The van der Waals surface area contributed by atoms with Crippen LogP contribution in [0.2, 0.25) is 0 Å². The van der Waals surface area contributed by atoms with Crippen LogP contribution in [0.25, 0.3) is 0 Å². The van der Waals surface area contributed by atoms with Crippen LogP contribution in [0.3, 0.4) is 0 Å². The SMILES string of the molecule is CCOc1ccc(C(=O)c2c(F)cc(Br)cc2F)cc1. The fraction of sp³-hybridized carbons (Fsp3) is 0.133. The molecule has 2 aromatic rings. The van der Waals surface area contributed by atoms with Crippen molar-refractivity contribution in [3.8, 4) is 5.75 Å². The van der Waals surface area contributed by atoms with Crippen LogP contribution < -0.4 is 4.74 Å². The maximum Gasteiger partial charge on any atom is 0.198 e. The first-order valence-corrected chi connectivity index (χ1v) is 6.74. The Labute approximate surface area is 123 Å². The van der Waals surface area contributed by atoms with Crippen LogP contribution in [-0.2, 0) is 0 Å². The molecule has 104 valence electrons. The molecule has 0 saturated heterocycles. The van der Waals surface area contributed by atoms with Crippen molar-refractivity contribution in [3.05, 3.63) is 63.6 Å². The molecule has 5 heteroatoms. The van der Waals surface area contributed by atoms with E-state index in [1.54, 1.807) is 12.1 Å². The number of benzene rings is 2. The van der Waals surface area contributed by atoms with Crippen molar-refractivity contribution in [2.75, 3.05) is 6.61 Å². The summed E-state index contributed by atoms with van der Waals surface area (Å²) in [6, 6.07) is 8.26. The number of rotatable bonds is 4. The molecule has 0 radical (unpaired) electrons. The number of halogens is 3. The molecular weight excluding hydrogens is 330 g/mol. The Balaban J connectivity index is 2.36. The number of carbonyl (C=O) groups excluding carboxylic acids is 1. The molecule has 20 heavy (non-hydrogen) atoms. The van der Waals surface area contributed by atoms with Gasteiger partial charge in [0, 0.05) is 10.0 Å². The van der Waals surface area contributed by atoms with Crippen LogP contribution in [0.4, 0.5) is 8.78 Å². The van der Waals surface area contributed by atoms with Crippen LogP contribution in [0.15, 0.2) is 40.9 Å². The topological polar surface area (TPSA) is 26.3 Å². The normalized spacial score (nSPS) is 10.4. The van der Waals surface area contributed by atoms with Crippen LogP contribution >= 0.6 is 15.9 Å². The van der Waals surface area contributed by atoms with Gasteiger partial charge in [0.05, 0.1) is 12.2 Å². The summed E-state index contributed by atoms with van der Waals surface area (Å²) in [6.45, 7) is 2.34. The maximum absolute atomic E-state index is 13.7. The van der Waals surface area contributed by atoms with E-state index < -0.39 is 23.0 Å². The summed E-state index contributed by atoms with van der Waals surface area (Å²) < 4.78 is 33.0. The zero-order valence-corrected chi connectivity index (χ0v) is 12.2. The molecule has 0 bridgehead atoms. The molecule has 2 nitrogen and oxygen atoms in total. The molecular formula is C15H11BrF2O2. The van der Waals surface area contributed by atoms with Gasteiger partial charge in [0.1, 0.15) is 17.4 Å². The second kappa shape index (κ2) is 6.13. The Morgan fingerprint density at radius 1 is 1.15 bits per heavy atom. The second-order valence-corrected chi connectivity index (χ2v) is 4.95. The summed E-state index contributed by atoms with van der Waals surface area (Å²) in [6.07, 6.45) is 0. The first-order chi connectivity index (χ1) is 9.52. The van der Waals surface area contributed by atoms with Gasteiger partial charge in [-0.25, -0.2) is 8.78 Å². The van der Waals surface area contributed by atoms with Gasteiger partial charge in [-0.3, -0.25) is 4.79 Å². The number of carbonyl (C=O) groups is 1. The Hall–Kier alpha value is -1.75. The largest absolute Gasteiger partial charge is 0.494 e. The predicted octanol–water partition coefficient (Wildman–Crippen LogP) is 4.36. The molecule has 0 saturated carbocycles. The van der Waals surface area contributed by atoms with Crippen molar-refractivity contribution >= 4 is 21.7 Å². The van der Waals surface area contributed by atoms with Gasteiger partial charge < -0.3 is 4.74 Å². The fourth-order valence-corrected chi connectivity index (χ4v) is 2.17. The Morgan fingerprint density at radius 3 is 2.20 bits per heavy atom. The van der Waals surface area contributed by atoms with E-state index in [4.69, 9.17) is 4.74 Å².